The Balaban J connectivity index is 0.000000441. The molecule has 10 heteroatoms. The summed E-state index contributed by atoms with van der Waals surface area (Å²) in [6, 6.07) is -0.754. The van der Waals surface area contributed by atoms with E-state index in [1.807, 2.05) is 0 Å². The number of aliphatic carboxylic acids is 1. The van der Waals surface area contributed by atoms with Crippen LogP contribution in [0.15, 0.2) is 0 Å². The number of hydrogen-bond donors (Lipinski definition) is 3. The van der Waals surface area contributed by atoms with Crippen molar-refractivity contribution in [1.82, 2.24) is 4.90 Å². The number of primary amides is 1. The van der Waals surface area contributed by atoms with Crippen molar-refractivity contribution in [2.24, 2.45) is 11.5 Å². The van der Waals surface area contributed by atoms with Gasteiger partial charge in [-0.1, -0.05) is 0 Å². The van der Waals surface area contributed by atoms with E-state index in [1.54, 1.807) is 4.90 Å². The molecule has 0 bridgehead atoms. The number of rotatable bonds is 3. The Bertz CT molecular complexity index is 367. The number of carboxylic acids is 1. The lowest BCUT2D eigenvalue weighted by molar-refractivity contribution is -0.192. The maximum atomic E-state index is 11.5. The van der Waals surface area contributed by atoms with Gasteiger partial charge in [-0.25, -0.2) is 4.79 Å². The van der Waals surface area contributed by atoms with Crippen LogP contribution in [0.1, 0.15) is 19.3 Å². The number of carbonyl (C=O) groups excluding carboxylic acids is 2. The number of likely N-dealkylation sites (tertiary alicyclic amines) is 1. The van der Waals surface area contributed by atoms with Gasteiger partial charge in [0.15, 0.2) is 0 Å². The number of alkyl halides is 3. The van der Waals surface area contributed by atoms with Crippen LogP contribution < -0.4 is 11.5 Å². The van der Waals surface area contributed by atoms with Gasteiger partial charge in [-0.3, -0.25) is 9.59 Å². The molecule has 7 nitrogen and oxygen atoms in total. The highest BCUT2D eigenvalue weighted by molar-refractivity contribution is 5.87. The Morgan fingerprint density at radius 1 is 1.20 bits per heavy atom. The molecule has 1 fully saturated rings. The predicted molar refractivity (Wildman–Crippen MR) is 61.3 cm³/mol. The molecule has 0 radical (unpaired) electrons. The summed E-state index contributed by atoms with van der Waals surface area (Å²) in [7, 11) is 0. The summed E-state index contributed by atoms with van der Waals surface area (Å²) in [5, 5.41) is 7.12. The Morgan fingerprint density at radius 3 is 1.90 bits per heavy atom. The molecule has 1 heterocycles. The number of halogens is 3. The third-order valence-corrected chi connectivity index (χ3v) is 2.40. The number of nitrogens with two attached hydrogens (primary N) is 2. The maximum Gasteiger partial charge on any atom is 0.490 e. The summed E-state index contributed by atoms with van der Waals surface area (Å²) in [4.78, 5) is 32.6. The van der Waals surface area contributed by atoms with Crippen LogP contribution in [0.3, 0.4) is 0 Å². The van der Waals surface area contributed by atoms with Gasteiger partial charge in [-0.2, -0.15) is 13.2 Å². The van der Waals surface area contributed by atoms with Gasteiger partial charge in [0.1, 0.15) is 0 Å². The van der Waals surface area contributed by atoms with Gasteiger partial charge in [0.05, 0.1) is 12.5 Å². The second-order valence-electron chi connectivity index (χ2n) is 4.11. The van der Waals surface area contributed by atoms with E-state index in [0.29, 0.717) is 0 Å². The van der Waals surface area contributed by atoms with Crippen LogP contribution in [0.4, 0.5) is 13.2 Å². The van der Waals surface area contributed by atoms with Crippen LogP contribution in [0.25, 0.3) is 0 Å². The molecule has 5 N–H and O–H groups in total. The quantitative estimate of drug-likeness (QED) is 0.644. The smallest absolute Gasteiger partial charge is 0.475 e. The number of amides is 2. The van der Waals surface area contributed by atoms with E-state index < -0.39 is 24.1 Å². The summed E-state index contributed by atoms with van der Waals surface area (Å²) in [6.45, 7) is 1.51. The van der Waals surface area contributed by atoms with E-state index in [-0.39, 0.29) is 12.3 Å². The first-order valence-corrected chi connectivity index (χ1v) is 5.68. The zero-order valence-electron chi connectivity index (χ0n) is 10.5. The van der Waals surface area contributed by atoms with Crippen molar-refractivity contribution in [3.63, 3.8) is 0 Å². The maximum absolute atomic E-state index is 11.5. The van der Waals surface area contributed by atoms with Gasteiger partial charge in [0, 0.05) is 13.1 Å². The highest BCUT2D eigenvalue weighted by atomic mass is 19.4. The lowest BCUT2D eigenvalue weighted by atomic mass is 10.2. The topological polar surface area (TPSA) is 127 Å². The number of carboxylic acid groups (broad SMARTS) is 1. The summed E-state index contributed by atoms with van der Waals surface area (Å²) in [5.41, 5.74) is 10.4. The first-order valence-electron chi connectivity index (χ1n) is 5.68. The Hall–Kier alpha value is -1.84. The molecule has 1 saturated heterocycles. The molecule has 0 unspecified atom stereocenters. The largest absolute Gasteiger partial charge is 0.490 e. The minimum Gasteiger partial charge on any atom is -0.475 e. The van der Waals surface area contributed by atoms with Crippen LogP contribution in [-0.4, -0.2) is 53.1 Å². The van der Waals surface area contributed by atoms with Gasteiger partial charge in [0.2, 0.25) is 11.8 Å². The average Bonchev–Trinajstić information content (AvgIpc) is 2.79. The van der Waals surface area contributed by atoms with Crippen LogP contribution in [0.5, 0.6) is 0 Å². The van der Waals surface area contributed by atoms with Crippen LogP contribution in [-0.2, 0) is 14.4 Å². The molecule has 116 valence electrons. The van der Waals surface area contributed by atoms with Gasteiger partial charge in [-0.15, -0.1) is 0 Å². The lowest BCUT2D eigenvalue weighted by Gasteiger charge is -2.18. The number of hydrogen-bond acceptors (Lipinski definition) is 4. The van der Waals surface area contributed by atoms with Crippen LogP contribution in [0.2, 0.25) is 0 Å². The zero-order chi connectivity index (χ0) is 15.9. The Labute approximate surface area is 112 Å². The van der Waals surface area contributed by atoms with Crippen LogP contribution in [0, 0.1) is 0 Å². The van der Waals surface area contributed by atoms with Crippen molar-refractivity contribution in [3.8, 4) is 0 Å². The molecular formula is C10H16F3N3O4. The Morgan fingerprint density at radius 2 is 1.60 bits per heavy atom. The first-order chi connectivity index (χ1) is 9.05. The van der Waals surface area contributed by atoms with Gasteiger partial charge in [0.25, 0.3) is 0 Å². The van der Waals surface area contributed by atoms with Crippen molar-refractivity contribution in [1.29, 1.82) is 0 Å². The summed E-state index contributed by atoms with van der Waals surface area (Å²) < 4.78 is 31.7. The molecule has 2 amide bonds. The van der Waals surface area contributed by atoms with E-state index in [9.17, 15) is 22.8 Å². The fraction of sp³-hybridized carbons (Fsp3) is 0.700. The molecule has 0 spiro atoms. The highest BCUT2D eigenvalue weighted by Gasteiger charge is 2.38. The molecule has 1 atom stereocenters. The molecule has 0 aliphatic carbocycles. The fourth-order valence-corrected chi connectivity index (χ4v) is 1.48. The van der Waals surface area contributed by atoms with Crippen molar-refractivity contribution in [3.05, 3.63) is 0 Å². The molecule has 1 rings (SSSR count). The standard InChI is InChI=1S/C8H15N3O2.C2HF3O2/c9-6(5-7(10)12)8(13)11-3-1-2-4-11;3-2(4,5)1(6)7/h6H,1-5,9H2,(H2,10,12);(H,6,7)/t6-;/m0./s1. The third kappa shape index (κ3) is 6.92. The van der Waals surface area contributed by atoms with Crippen LogP contribution >= 0.6 is 0 Å². The normalized spacial score (nSPS) is 16.1. The van der Waals surface area contributed by atoms with E-state index in [2.05, 4.69) is 0 Å². The fourth-order valence-electron chi connectivity index (χ4n) is 1.48. The molecule has 0 aromatic rings. The van der Waals surface area contributed by atoms with Gasteiger partial charge in [-0.05, 0) is 12.8 Å². The van der Waals surface area contributed by atoms with E-state index >= 15 is 0 Å². The summed E-state index contributed by atoms with van der Waals surface area (Å²) in [5.74, 6) is -3.44. The molecule has 20 heavy (non-hydrogen) atoms. The van der Waals surface area contributed by atoms with Crippen molar-refractivity contribution >= 4 is 17.8 Å². The molecule has 1 aliphatic rings. The average molecular weight is 299 g/mol. The summed E-state index contributed by atoms with van der Waals surface area (Å²) in [6.07, 6.45) is -3.10. The highest BCUT2D eigenvalue weighted by Crippen LogP contribution is 2.13. The molecular weight excluding hydrogens is 283 g/mol. The monoisotopic (exact) mass is 299 g/mol. The number of nitrogens with zero attached hydrogens (tertiary/aromatic N) is 1. The Kier molecular flexibility index (Phi) is 6.97. The molecule has 1 aliphatic heterocycles. The minimum atomic E-state index is -5.08. The van der Waals surface area contributed by atoms with Crippen molar-refractivity contribution in [2.75, 3.05) is 13.1 Å². The lowest BCUT2D eigenvalue weighted by Crippen LogP contribution is -2.44. The second-order valence-corrected chi connectivity index (χ2v) is 4.11. The first kappa shape index (κ1) is 18.2. The third-order valence-electron chi connectivity index (χ3n) is 2.40. The second kappa shape index (κ2) is 7.68. The SMILES string of the molecule is NC(=O)C[C@H](N)C(=O)N1CCCC1.O=C(O)C(F)(F)F. The van der Waals surface area contributed by atoms with Crippen molar-refractivity contribution < 1.29 is 32.7 Å². The molecule has 0 aromatic heterocycles. The summed E-state index contributed by atoms with van der Waals surface area (Å²) >= 11 is 0. The van der Waals surface area contributed by atoms with E-state index in [1.165, 1.54) is 0 Å². The van der Waals surface area contributed by atoms with Crippen molar-refractivity contribution in [2.45, 2.75) is 31.5 Å². The number of carbonyl (C=O) groups is 3. The zero-order valence-corrected chi connectivity index (χ0v) is 10.5. The minimum absolute atomic E-state index is 0.0602. The van der Waals surface area contributed by atoms with Gasteiger partial charge >= 0.3 is 12.1 Å². The van der Waals surface area contributed by atoms with Gasteiger partial charge < -0.3 is 21.5 Å². The van der Waals surface area contributed by atoms with E-state index in [0.717, 1.165) is 25.9 Å². The molecule has 0 saturated carbocycles. The predicted octanol–water partition coefficient (Wildman–Crippen LogP) is -0.555. The molecule has 0 aromatic carbocycles. The van der Waals surface area contributed by atoms with E-state index in [4.69, 9.17) is 21.4 Å².